The summed E-state index contributed by atoms with van der Waals surface area (Å²) >= 11 is 5.62. The molecule has 0 radical (unpaired) electrons. The predicted molar refractivity (Wildman–Crippen MR) is 48.5 cm³/mol. The van der Waals surface area contributed by atoms with Gasteiger partial charge < -0.3 is 4.57 Å². The largest absolute Gasteiger partial charge is 0.306 e. The van der Waals surface area contributed by atoms with E-state index in [-0.39, 0.29) is 5.02 Å². The number of nitrogens with zero attached hydrogens (tertiary/aromatic N) is 2. The number of hydrogen-bond acceptors (Lipinski definition) is 1. The Morgan fingerprint density at radius 3 is 2.85 bits per heavy atom. The summed E-state index contributed by atoms with van der Waals surface area (Å²) in [6, 6.07) is 4.53. The summed E-state index contributed by atoms with van der Waals surface area (Å²) in [7, 11) is 0. The van der Waals surface area contributed by atoms with Crippen LogP contribution in [0.15, 0.2) is 36.9 Å². The SMILES string of the molecule is Fc1ccc(-n2ccnc2)cc1Cl. The molecule has 0 amide bonds. The van der Waals surface area contributed by atoms with E-state index in [0.29, 0.717) is 0 Å². The highest BCUT2D eigenvalue weighted by Gasteiger charge is 2.01. The van der Waals surface area contributed by atoms with Crippen LogP contribution in [0.3, 0.4) is 0 Å². The van der Waals surface area contributed by atoms with Crippen molar-refractivity contribution in [3.8, 4) is 5.69 Å². The summed E-state index contributed by atoms with van der Waals surface area (Å²) in [4.78, 5) is 3.88. The standard InChI is InChI=1S/C9H6ClFN2/c10-8-5-7(1-2-9(8)11)13-4-3-12-6-13/h1-6H. The molecule has 2 nitrogen and oxygen atoms in total. The second-order valence-corrected chi connectivity index (χ2v) is 2.98. The van der Waals surface area contributed by atoms with E-state index in [1.54, 1.807) is 35.4 Å². The highest BCUT2D eigenvalue weighted by molar-refractivity contribution is 6.30. The molecule has 0 fully saturated rings. The van der Waals surface area contributed by atoms with Crippen LogP contribution in [0.5, 0.6) is 0 Å². The van der Waals surface area contributed by atoms with Gasteiger partial charge >= 0.3 is 0 Å². The minimum absolute atomic E-state index is 0.117. The molecule has 0 saturated carbocycles. The third kappa shape index (κ3) is 1.55. The van der Waals surface area contributed by atoms with Crippen LogP contribution in [0.2, 0.25) is 5.02 Å². The molecule has 0 aliphatic carbocycles. The normalized spacial score (nSPS) is 10.3. The molecular formula is C9H6ClFN2. The van der Waals surface area contributed by atoms with E-state index in [0.717, 1.165) is 5.69 Å². The number of rotatable bonds is 1. The average Bonchev–Trinajstić information content (AvgIpc) is 2.62. The molecular weight excluding hydrogens is 191 g/mol. The van der Waals surface area contributed by atoms with Gasteiger partial charge in [-0.05, 0) is 18.2 Å². The first kappa shape index (κ1) is 8.26. The van der Waals surface area contributed by atoms with Gasteiger partial charge in [0.2, 0.25) is 0 Å². The minimum atomic E-state index is -0.412. The first-order chi connectivity index (χ1) is 6.27. The van der Waals surface area contributed by atoms with Crippen molar-refractivity contribution < 1.29 is 4.39 Å². The molecule has 66 valence electrons. The maximum Gasteiger partial charge on any atom is 0.141 e. The third-order valence-electron chi connectivity index (χ3n) is 1.71. The molecule has 13 heavy (non-hydrogen) atoms. The lowest BCUT2D eigenvalue weighted by atomic mass is 10.3. The van der Waals surface area contributed by atoms with Crippen LogP contribution in [0.25, 0.3) is 5.69 Å². The fraction of sp³-hybridized carbons (Fsp3) is 0. The molecule has 0 atom stereocenters. The quantitative estimate of drug-likeness (QED) is 0.686. The maximum atomic E-state index is 12.8. The van der Waals surface area contributed by atoms with Gasteiger partial charge in [-0.15, -0.1) is 0 Å². The van der Waals surface area contributed by atoms with Gasteiger partial charge in [0, 0.05) is 18.1 Å². The first-order valence-electron chi connectivity index (χ1n) is 3.71. The van der Waals surface area contributed by atoms with Gasteiger partial charge in [0.1, 0.15) is 5.82 Å². The van der Waals surface area contributed by atoms with Crippen molar-refractivity contribution in [1.82, 2.24) is 9.55 Å². The van der Waals surface area contributed by atoms with Crippen LogP contribution in [-0.4, -0.2) is 9.55 Å². The fourth-order valence-corrected chi connectivity index (χ4v) is 1.23. The Balaban J connectivity index is 2.49. The zero-order chi connectivity index (χ0) is 9.26. The Bertz CT molecular complexity index is 412. The summed E-state index contributed by atoms with van der Waals surface area (Å²) in [5.74, 6) is -0.412. The third-order valence-corrected chi connectivity index (χ3v) is 2.00. The van der Waals surface area contributed by atoms with E-state index in [2.05, 4.69) is 4.98 Å². The van der Waals surface area contributed by atoms with Crippen molar-refractivity contribution in [1.29, 1.82) is 0 Å². The highest BCUT2D eigenvalue weighted by Crippen LogP contribution is 2.18. The van der Waals surface area contributed by atoms with Crippen LogP contribution in [0.4, 0.5) is 4.39 Å². The highest BCUT2D eigenvalue weighted by atomic mass is 35.5. The molecule has 0 bridgehead atoms. The van der Waals surface area contributed by atoms with E-state index >= 15 is 0 Å². The molecule has 2 rings (SSSR count). The minimum Gasteiger partial charge on any atom is -0.306 e. The van der Waals surface area contributed by atoms with Crippen LogP contribution in [-0.2, 0) is 0 Å². The maximum absolute atomic E-state index is 12.8. The van der Waals surface area contributed by atoms with E-state index in [1.165, 1.54) is 6.07 Å². The second-order valence-electron chi connectivity index (χ2n) is 2.57. The number of imidazole rings is 1. The van der Waals surface area contributed by atoms with Crippen LogP contribution in [0.1, 0.15) is 0 Å². The number of hydrogen-bond donors (Lipinski definition) is 0. The molecule has 1 heterocycles. The second kappa shape index (κ2) is 3.18. The zero-order valence-corrected chi connectivity index (χ0v) is 7.37. The zero-order valence-electron chi connectivity index (χ0n) is 6.61. The summed E-state index contributed by atoms with van der Waals surface area (Å²) in [6.07, 6.45) is 5.05. The number of aromatic nitrogens is 2. The number of benzene rings is 1. The Labute approximate surface area is 79.6 Å². The Morgan fingerprint density at radius 1 is 1.38 bits per heavy atom. The summed E-state index contributed by atoms with van der Waals surface area (Å²) in [5.41, 5.74) is 0.795. The topological polar surface area (TPSA) is 17.8 Å². The van der Waals surface area contributed by atoms with Crippen molar-refractivity contribution in [2.45, 2.75) is 0 Å². The molecule has 1 aromatic heterocycles. The van der Waals surface area contributed by atoms with E-state index in [9.17, 15) is 4.39 Å². The van der Waals surface area contributed by atoms with Crippen molar-refractivity contribution in [3.05, 3.63) is 47.8 Å². The van der Waals surface area contributed by atoms with Crippen LogP contribution in [0, 0.1) is 5.82 Å². The molecule has 0 aliphatic heterocycles. The molecule has 0 aliphatic rings. The lowest BCUT2D eigenvalue weighted by Crippen LogP contribution is -1.90. The summed E-state index contributed by atoms with van der Waals surface area (Å²) < 4.78 is 14.5. The Hall–Kier alpha value is -1.35. The van der Waals surface area contributed by atoms with Crippen LogP contribution >= 0.6 is 11.6 Å². The van der Waals surface area contributed by atoms with E-state index < -0.39 is 5.82 Å². The molecule has 2 aromatic rings. The molecule has 1 aromatic carbocycles. The van der Waals surface area contributed by atoms with E-state index in [4.69, 9.17) is 11.6 Å². The van der Waals surface area contributed by atoms with Gasteiger partial charge in [-0.25, -0.2) is 9.37 Å². The average molecular weight is 197 g/mol. The van der Waals surface area contributed by atoms with Crippen molar-refractivity contribution in [3.63, 3.8) is 0 Å². The van der Waals surface area contributed by atoms with Gasteiger partial charge in [-0.2, -0.15) is 0 Å². The predicted octanol–water partition coefficient (Wildman–Crippen LogP) is 2.66. The fourth-order valence-electron chi connectivity index (χ4n) is 1.06. The molecule has 0 N–H and O–H groups in total. The molecule has 0 spiro atoms. The molecule has 0 unspecified atom stereocenters. The van der Waals surface area contributed by atoms with Crippen molar-refractivity contribution in [2.75, 3.05) is 0 Å². The van der Waals surface area contributed by atoms with Gasteiger partial charge in [-0.1, -0.05) is 11.6 Å². The smallest absolute Gasteiger partial charge is 0.141 e. The summed E-state index contributed by atoms with van der Waals surface area (Å²) in [5, 5.41) is 0.117. The Morgan fingerprint density at radius 2 is 2.23 bits per heavy atom. The lowest BCUT2D eigenvalue weighted by molar-refractivity contribution is 0.628. The van der Waals surface area contributed by atoms with Crippen molar-refractivity contribution >= 4 is 11.6 Å². The van der Waals surface area contributed by atoms with E-state index in [1.807, 2.05) is 0 Å². The van der Waals surface area contributed by atoms with Gasteiger partial charge in [0.15, 0.2) is 0 Å². The van der Waals surface area contributed by atoms with Crippen LogP contribution < -0.4 is 0 Å². The molecule has 0 saturated heterocycles. The number of halogens is 2. The summed E-state index contributed by atoms with van der Waals surface area (Å²) in [6.45, 7) is 0. The monoisotopic (exact) mass is 196 g/mol. The van der Waals surface area contributed by atoms with Gasteiger partial charge in [0.25, 0.3) is 0 Å². The van der Waals surface area contributed by atoms with Crippen molar-refractivity contribution in [2.24, 2.45) is 0 Å². The van der Waals surface area contributed by atoms with Gasteiger partial charge in [0.05, 0.1) is 11.3 Å². The lowest BCUT2D eigenvalue weighted by Gasteiger charge is -2.02. The van der Waals surface area contributed by atoms with Gasteiger partial charge in [-0.3, -0.25) is 0 Å². The Kier molecular flexibility index (Phi) is 2.02. The first-order valence-corrected chi connectivity index (χ1v) is 4.08. The molecule has 4 heteroatoms.